The van der Waals surface area contributed by atoms with Crippen molar-refractivity contribution in [3.05, 3.63) is 35.2 Å². The van der Waals surface area contributed by atoms with Crippen LogP contribution in [0.3, 0.4) is 0 Å². The van der Waals surface area contributed by atoms with Gasteiger partial charge in [-0.3, -0.25) is 4.79 Å². The molecule has 23 heavy (non-hydrogen) atoms. The number of halogens is 1. The van der Waals surface area contributed by atoms with Crippen LogP contribution in [0.4, 0.5) is 0 Å². The molecule has 0 unspecified atom stereocenters. The van der Waals surface area contributed by atoms with Gasteiger partial charge in [-0.05, 0) is 37.6 Å². The quantitative estimate of drug-likeness (QED) is 0.841. The fourth-order valence-corrected chi connectivity index (χ4v) is 2.47. The van der Waals surface area contributed by atoms with Gasteiger partial charge in [0.25, 0.3) is 0 Å². The molecule has 1 aromatic carbocycles. The van der Waals surface area contributed by atoms with Crippen molar-refractivity contribution in [1.82, 2.24) is 15.5 Å². The van der Waals surface area contributed by atoms with E-state index >= 15 is 0 Å². The van der Waals surface area contributed by atoms with E-state index in [-0.39, 0.29) is 17.9 Å². The fraction of sp³-hybridized carbons (Fsp3) is 0.438. The molecule has 1 saturated carbocycles. The van der Waals surface area contributed by atoms with E-state index in [1.54, 1.807) is 12.1 Å². The van der Waals surface area contributed by atoms with Crippen molar-refractivity contribution in [2.45, 2.75) is 25.9 Å². The molecule has 0 aliphatic heterocycles. The van der Waals surface area contributed by atoms with Crippen molar-refractivity contribution in [2.24, 2.45) is 5.92 Å². The molecule has 0 radical (unpaired) electrons. The van der Waals surface area contributed by atoms with Crippen molar-refractivity contribution >= 4 is 17.5 Å². The van der Waals surface area contributed by atoms with Gasteiger partial charge in [-0.25, -0.2) is 0 Å². The maximum absolute atomic E-state index is 11.9. The Morgan fingerprint density at radius 2 is 2.22 bits per heavy atom. The van der Waals surface area contributed by atoms with Crippen molar-refractivity contribution in [1.29, 1.82) is 0 Å². The SMILES string of the molecule is CCO[C@H]1C[C@@H]1C(=O)NCCc1nc(-c2ccc(Cl)cc2)no1. The summed E-state index contributed by atoms with van der Waals surface area (Å²) in [4.78, 5) is 16.2. The zero-order chi connectivity index (χ0) is 16.2. The Balaban J connectivity index is 1.46. The Hall–Kier alpha value is -1.92. The minimum atomic E-state index is -0.0118. The number of amides is 1. The highest BCUT2D eigenvalue weighted by atomic mass is 35.5. The Kier molecular flexibility index (Phi) is 4.93. The molecule has 2 aromatic rings. The van der Waals surface area contributed by atoms with Crippen LogP contribution < -0.4 is 5.32 Å². The Morgan fingerprint density at radius 1 is 1.43 bits per heavy atom. The first kappa shape index (κ1) is 16.0. The first-order valence-electron chi connectivity index (χ1n) is 7.65. The minimum Gasteiger partial charge on any atom is -0.378 e. The number of ether oxygens (including phenoxy) is 1. The zero-order valence-electron chi connectivity index (χ0n) is 12.8. The lowest BCUT2D eigenvalue weighted by Crippen LogP contribution is -2.28. The highest BCUT2D eigenvalue weighted by Crippen LogP contribution is 2.33. The molecule has 1 N–H and O–H groups in total. The Morgan fingerprint density at radius 3 is 2.96 bits per heavy atom. The number of nitrogens with one attached hydrogen (secondary N) is 1. The van der Waals surface area contributed by atoms with Gasteiger partial charge in [0.05, 0.1) is 12.0 Å². The lowest BCUT2D eigenvalue weighted by molar-refractivity contribution is -0.123. The van der Waals surface area contributed by atoms with Crippen LogP contribution >= 0.6 is 11.6 Å². The molecule has 0 bridgehead atoms. The van der Waals surface area contributed by atoms with E-state index in [4.69, 9.17) is 20.9 Å². The highest BCUT2D eigenvalue weighted by molar-refractivity contribution is 6.30. The van der Waals surface area contributed by atoms with Crippen LogP contribution in [0.1, 0.15) is 19.2 Å². The summed E-state index contributed by atoms with van der Waals surface area (Å²) in [6.07, 6.45) is 1.39. The van der Waals surface area contributed by atoms with Crippen LogP contribution in [-0.2, 0) is 16.0 Å². The number of hydrogen-bond acceptors (Lipinski definition) is 5. The largest absolute Gasteiger partial charge is 0.378 e. The lowest BCUT2D eigenvalue weighted by Gasteiger charge is -2.02. The molecule has 1 fully saturated rings. The highest BCUT2D eigenvalue weighted by Gasteiger charge is 2.43. The van der Waals surface area contributed by atoms with Crippen molar-refractivity contribution in [3.63, 3.8) is 0 Å². The van der Waals surface area contributed by atoms with E-state index in [9.17, 15) is 4.79 Å². The molecule has 2 atom stereocenters. The van der Waals surface area contributed by atoms with E-state index < -0.39 is 0 Å². The van der Waals surface area contributed by atoms with Gasteiger partial charge in [0, 0.05) is 30.2 Å². The van der Waals surface area contributed by atoms with Gasteiger partial charge in [-0.15, -0.1) is 0 Å². The number of carbonyl (C=O) groups excluding carboxylic acids is 1. The summed E-state index contributed by atoms with van der Waals surface area (Å²) in [5.74, 6) is 1.03. The van der Waals surface area contributed by atoms with Gasteiger partial charge in [0.1, 0.15) is 0 Å². The first-order chi connectivity index (χ1) is 11.2. The molecule has 6 nitrogen and oxygen atoms in total. The van der Waals surface area contributed by atoms with Gasteiger partial charge in [-0.2, -0.15) is 4.98 Å². The Bertz CT molecular complexity index is 671. The van der Waals surface area contributed by atoms with E-state index in [0.29, 0.717) is 36.3 Å². The van der Waals surface area contributed by atoms with E-state index in [1.165, 1.54) is 0 Å². The number of hydrogen-bond donors (Lipinski definition) is 1. The van der Waals surface area contributed by atoms with Crippen LogP contribution in [-0.4, -0.2) is 35.3 Å². The number of carbonyl (C=O) groups is 1. The third-order valence-electron chi connectivity index (χ3n) is 3.66. The van der Waals surface area contributed by atoms with Gasteiger partial charge < -0.3 is 14.6 Å². The average molecular weight is 336 g/mol. The third kappa shape index (κ3) is 4.09. The van der Waals surface area contributed by atoms with E-state index in [0.717, 1.165) is 12.0 Å². The third-order valence-corrected chi connectivity index (χ3v) is 3.91. The van der Waals surface area contributed by atoms with Crippen LogP contribution in [0.2, 0.25) is 5.02 Å². The Labute approximate surface area is 139 Å². The monoisotopic (exact) mass is 335 g/mol. The molecule has 0 saturated heterocycles. The number of nitrogens with zero attached hydrogens (tertiary/aromatic N) is 2. The van der Waals surface area contributed by atoms with Gasteiger partial charge in [0.15, 0.2) is 0 Å². The molecule has 122 valence electrons. The fourth-order valence-electron chi connectivity index (χ4n) is 2.34. The summed E-state index contributed by atoms with van der Waals surface area (Å²) in [6.45, 7) is 3.04. The summed E-state index contributed by atoms with van der Waals surface area (Å²) in [6, 6.07) is 7.22. The minimum absolute atomic E-state index is 0.0118. The molecule has 1 aliphatic rings. The standard InChI is InChI=1S/C16H18ClN3O3/c1-2-22-13-9-12(13)16(21)18-8-7-14-19-15(20-23-14)10-3-5-11(17)6-4-10/h3-6,12-13H,2,7-9H2,1H3,(H,18,21)/t12-,13-/m0/s1. The van der Waals surface area contributed by atoms with E-state index in [1.807, 2.05) is 19.1 Å². The van der Waals surface area contributed by atoms with Crippen LogP contribution in [0, 0.1) is 5.92 Å². The second-order valence-electron chi connectivity index (χ2n) is 5.40. The molecule has 3 rings (SSSR count). The lowest BCUT2D eigenvalue weighted by atomic mass is 10.2. The topological polar surface area (TPSA) is 77.2 Å². The normalized spacial score (nSPS) is 19.6. The summed E-state index contributed by atoms with van der Waals surface area (Å²) in [5.41, 5.74) is 0.839. The first-order valence-corrected chi connectivity index (χ1v) is 8.03. The summed E-state index contributed by atoms with van der Waals surface area (Å²) in [5, 5.41) is 7.47. The van der Waals surface area contributed by atoms with Crippen molar-refractivity contribution < 1.29 is 14.1 Å². The van der Waals surface area contributed by atoms with Crippen molar-refractivity contribution in [2.75, 3.05) is 13.2 Å². The summed E-state index contributed by atoms with van der Waals surface area (Å²) >= 11 is 5.85. The smallest absolute Gasteiger partial charge is 0.228 e. The second-order valence-corrected chi connectivity index (χ2v) is 5.83. The average Bonchev–Trinajstić information content (AvgIpc) is 3.16. The molecular formula is C16H18ClN3O3. The molecule has 1 heterocycles. The number of rotatable bonds is 7. The molecular weight excluding hydrogens is 318 g/mol. The molecule has 1 aliphatic carbocycles. The number of aromatic nitrogens is 2. The maximum Gasteiger partial charge on any atom is 0.228 e. The maximum atomic E-state index is 11.9. The molecule has 1 aromatic heterocycles. The van der Waals surface area contributed by atoms with Gasteiger partial charge in [-0.1, -0.05) is 16.8 Å². The summed E-state index contributed by atoms with van der Waals surface area (Å²) < 4.78 is 10.6. The van der Waals surface area contributed by atoms with E-state index in [2.05, 4.69) is 15.5 Å². The van der Waals surface area contributed by atoms with Crippen LogP contribution in [0.15, 0.2) is 28.8 Å². The molecule has 0 spiro atoms. The predicted molar refractivity (Wildman–Crippen MR) is 85.0 cm³/mol. The van der Waals surface area contributed by atoms with Gasteiger partial charge >= 0.3 is 0 Å². The van der Waals surface area contributed by atoms with Crippen molar-refractivity contribution in [3.8, 4) is 11.4 Å². The zero-order valence-corrected chi connectivity index (χ0v) is 13.5. The van der Waals surface area contributed by atoms with Crippen LogP contribution in [0.25, 0.3) is 11.4 Å². The summed E-state index contributed by atoms with van der Waals surface area (Å²) in [7, 11) is 0. The van der Waals surface area contributed by atoms with Crippen LogP contribution in [0.5, 0.6) is 0 Å². The van der Waals surface area contributed by atoms with Gasteiger partial charge in [0.2, 0.25) is 17.6 Å². The molecule has 7 heteroatoms. The predicted octanol–water partition coefficient (Wildman–Crippen LogP) is 2.47. The second kappa shape index (κ2) is 7.10. The number of benzene rings is 1. The molecule has 1 amide bonds.